The summed E-state index contributed by atoms with van der Waals surface area (Å²) in [6.45, 7) is 5.74. The zero-order valence-corrected chi connectivity index (χ0v) is 13.4. The van der Waals surface area contributed by atoms with Crippen molar-refractivity contribution >= 4 is 16.6 Å². The van der Waals surface area contributed by atoms with E-state index in [0.29, 0.717) is 5.56 Å². The number of hydrogen-bond acceptors (Lipinski definition) is 4. The fourth-order valence-electron chi connectivity index (χ4n) is 2.68. The molecule has 0 atom stereocenters. The molecule has 0 radical (unpaired) electrons. The molecule has 0 saturated heterocycles. The molecule has 116 valence electrons. The highest BCUT2D eigenvalue weighted by molar-refractivity contribution is 5.94. The third-order valence-corrected chi connectivity index (χ3v) is 3.95. The quantitative estimate of drug-likeness (QED) is 0.733. The van der Waals surface area contributed by atoms with Crippen LogP contribution in [0.4, 0.5) is 5.69 Å². The summed E-state index contributed by atoms with van der Waals surface area (Å²) in [7, 11) is 0. The van der Waals surface area contributed by atoms with Crippen molar-refractivity contribution in [2.75, 3.05) is 11.9 Å². The number of aryl methyl sites for hydroxylation is 3. The van der Waals surface area contributed by atoms with Gasteiger partial charge >= 0.3 is 0 Å². The Kier molecular flexibility index (Phi) is 4.24. The second-order valence-electron chi connectivity index (χ2n) is 5.63. The summed E-state index contributed by atoms with van der Waals surface area (Å²) >= 11 is 0. The highest BCUT2D eigenvalue weighted by Gasteiger charge is 2.08. The molecule has 0 spiro atoms. The number of nitriles is 1. The highest BCUT2D eigenvalue weighted by Crippen LogP contribution is 2.26. The Morgan fingerprint density at radius 2 is 2.13 bits per heavy atom. The summed E-state index contributed by atoms with van der Waals surface area (Å²) in [5.41, 5.74) is 3.54. The van der Waals surface area contributed by atoms with Gasteiger partial charge in [0.2, 0.25) is 0 Å². The molecule has 0 aliphatic rings. The van der Waals surface area contributed by atoms with Crippen LogP contribution >= 0.6 is 0 Å². The first-order chi connectivity index (χ1) is 11.2. The summed E-state index contributed by atoms with van der Waals surface area (Å²) < 4.78 is 2.13. The maximum Gasteiger partial charge on any atom is 0.105 e. The number of benzene rings is 1. The van der Waals surface area contributed by atoms with Gasteiger partial charge < -0.3 is 9.88 Å². The fraction of sp³-hybridized carbons (Fsp3) is 0.278. The Bertz CT molecular complexity index is 873. The second kappa shape index (κ2) is 6.49. The minimum atomic E-state index is 0.583. The van der Waals surface area contributed by atoms with Crippen LogP contribution in [0.15, 0.2) is 36.8 Å². The smallest absolute Gasteiger partial charge is 0.105 e. The zero-order chi connectivity index (χ0) is 16.2. The zero-order valence-electron chi connectivity index (χ0n) is 13.4. The van der Waals surface area contributed by atoms with Gasteiger partial charge in [0, 0.05) is 37.1 Å². The molecule has 0 aliphatic heterocycles. The van der Waals surface area contributed by atoms with Gasteiger partial charge in [-0.3, -0.25) is 4.98 Å². The summed E-state index contributed by atoms with van der Waals surface area (Å²) in [6, 6.07) is 8.34. The lowest BCUT2D eigenvalue weighted by Crippen LogP contribution is -2.09. The van der Waals surface area contributed by atoms with Gasteiger partial charge in [0.05, 0.1) is 16.8 Å². The number of anilines is 1. The van der Waals surface area contributed by atoms with E-state index in [1.807, 2.05) is 44.4 Å². The average molecular weight is 305 g/mol. The van der Waals surface area contributed by atoms with Crippen molar-refractivity contribution in [1.82, 2.24) is 14.5 Å². The van der Waals surface area contributed by atoms with Gasteiger partial charge in [0.15, 0.2) is 0 Å². The van der Waals surface area contributed by atoms with E-state index in [-0.39, 0.29) is 0 Å². The number of nitrogens with zero attached hydrogens (tertiary/aromatic N) is 4. The molecule has 3 rings (SSSR count). The summed E-state index contributed by atoms with van der Waals surface area (Å²) in [5, 5.41) is 13.7. The van der Waals surface area contributed by atoms with Crippen LogP contribution in [0.25, 0.3) is 10.9 Å². The molecule has 5 nitrogen and oxygen atoms in total. The average Bonchev–Trinajstić information content (AvgIpc) is 2.96. The molecule has 23 heavy (non-hydrogen) atoms. The van der Waals surface area contributed by atoms with Crippen molar-refractivity contribution in [3.05, 3.63) is 53.7 Å². The van der Waals surface area contributed by atoms with Crippen molar-refractivity contribution < 1.29 is 0 Å². The first-order valence-electron chi connectivity index (χ1n) is 7.70. The monoisotopic (exact) mass is 305 g/mol. The third kappa shape index (κ3) is 3.16. The molecule has 0 amide bonds. The minimum absolute atomic E-state index is 0.583. The predicted molar refractivity (Wildman–Crippen MR) is 91.3 cm³/mol. The van der Waals surface area contributed by atoms with Crippen LogP contribution in [0.5, 0.6) is 0 Å². The van der Waals surface area contributed by atoms with Crippen molar-refractivity contribution in [1.29, 1.82) is 5.26 Å². The predicted octanol–water partition coefficient (Wildman–Crippen LogP) is 3.42. The normalized spacial score (nSPS) is 10.7. The van der Waals surface area contributed by atoms with Gasteiger partial charge in [-0.15, -0.1) is 0 Å². The molecule has 2 heterocycles. The molecule has 1 N–H and O–H groups in total. The van der Waals surface area contributed by atoms with Gasteiger partial charge in [0.1, 0.15) is 11.9 Å². The lowest BCUT2D eigenvalue weighted by Gasteiger charge is -2.12. The summed E-state index contributed by atoms with van der Waals surface area (Å²) in [4.78, 5) is 8.60. The van der Waals surface area contributed by atoms with Crippen LogP contribution in [0.1, 0.15) is 23.4 Å². The molecule has 5 heteroatoms. The SMILES string of the molecule is Cc1ccc2c(NCCCn3ccnc3C)c(C#N)cnc2c1. The Morgan fingerprint density at radius 3 is 2.87 bits per heavy atom. The van der Waals surface area contributed by atoms with E-state index in [0.717, 1.165) is 47.5 Å². The molecule has 0 fully saturated rings. The van der Waals surface area contributed by atoms with E-state index in [9.17, 15) is 5.26 Å². The Hall–Kier alpha value is -2.87. The van der Waals surface area contributed by atoms with E-state index >= 15 is 0 Å². The molecule has 3 aromatic rings. The molecule has 2 aromatic heterocycles. The Balaban J connectivity index is 1.76. The van der Waals surface area contributed by atoms with Crippen molar-refractivity contribution in [3.8, 4) is 6.07 Å². The van der Waals surface area contributed by atoms with Crippen LogP contribution in [0.3, 0.4) is 0 Å². The topological polar surface area (TPSA) is 66.5 Å². The number of imidazole rings is 1. The third-order valence-electron chi connectivity index (χ3n) is 3.95. The van der Waals surface area contributed by atoms with Gasteiger partial charge in [-0.2, -0.15) is 5.26 Å². The van der Waals surface area contributed by atoms with Crippen LogP contribution in [-0.4, -0.2) is 21.1 Å². The molecular formula is C18H19N5. The number of rotatable bonds is 5. The molecule has 1 aromatic carbocycles. The minimum Gasteiger partial charge on any atom is -0.383 e. The van der Waals surface area contributed by atoms with Crippen LogP contribution in [0.2, 0.25) is 0 Å². The molecule has 0 unspecified atom stereocenters. The number of aromatic nitrogens is 3. The lowest BCUT2D eigenvalue weighted by atomic mass is 10.1. The molecular weight excluding hydrogens is 286 g/mol. The standard InChI is InChI=1S/C18H19N5/c1-13-4-5-16-17(10-13)22-12-15(11-19)18(16)21-6-3-8-23-9-7-20-14(23)2/h4-5,7,9-10,12H,3,6,8H2,1-2H3,(H,21,22). The van der Waals surface area contributed by atoms with E-state index in [1.54, 1.807) is 6.20 Å². The van der Waals surface area contributed by atoms with Crippen LogP contribution < -0.4 is 5.32 Å². The Labute approximate surface area is 135 Å². The first kappa shape index (κ1) is 15.0. The first-order valence-corrected chi connectivity index (χ1v) is 7.70. The lowest BCUT2D eigenvalue weighted by molar-refractivity contribution is 0.642. The van der Waals surface area contributed by atoms with Gasteiger partial charge in [0.25, 0.3) is 0 Å². The van der Waals surface area contributed by atoms with Crippen LogP contribution in [0, 0.1) is 25.2 Å². The summed E-state index contributed by atoms with van der Waals surface area (Å²) in [5.74, 6) is 1.02. The number of hydrogen-bond donors (Lipinski definition) is 1. The fourth-order valence-corrected chi connectivity index (χ4v) is 2.68. The van der Waals surface area contributed by atoms with Crippen molar-refractivity contribution in [2.45, 2.75) is 26.8 Å². The maximum absolute atomic E-state index is 9.33. The Morgan fingerprint density at radius 1 is 1.26 bits per heavy atom. The highest BCUT2D eigenvalue weighted by atomic mass is 15.1. The molecule has 0 aliphatic carbocycles. The number of pyridine rings is 1. The van der Waals surface area contributed by atoms with E-state index in [2.05, 4.69) is 25.9 Å². The van der Waals surface area contributed by atoms with E-state index in [1.165, 1.54) is 0 Å². The summed E-state index contributed by atoms with van der Waals surface area (Å²) in [6.07, 6.45) is 6.40. The molecule has 0 bridgehead atoms. The van der Waals surface area contributed by atoms with Crippen molar-refractivity contribution in [2.24, 2.45) is 0 Å². The van der Waals surface area contributed by atoms with Gasteiger partial charge in [-0.25, -0.2) is 4.98 Å². The maximum atomic E-state index is 9.33. The molecule has 0 saturated carbocycles. The van der Waals surface area contributed by atoms with E-state index in [4.69, 9.17) is 0 Å². The number of fused-ring (bicyclic) bond motifs is 1. The van der Waals surface area contributed by atoms with Crippen LogP contribution in [-0.2, 0) is 6.54 Å². The second-order valence-corrected chi connectivity index (χ2v) is 5.63. The van der Waals surface area contributed by atoms with E-state index < -0.39 is 0 Å². The van der Waals surface area contributed by atoms with Gasteiger partial charge in [-0.05, 0) is 31.9 Å². The van der Waals surface area contributed by atoms with Crippen molar-refractivity contribution in [3.63, 3.8) is 0 Å². The van der Waals surface area contributed by atoms with Gasteiger partial charge in [-0.1, -0.05) is 12.1 Å². The largest absolute Gasteiger partial charge is 0.383 e. The number of nitrogens with one attached hydrogen (secondary N) is 1.